The molecule has 1 aliphatic heterocycles. The molecule has 0 bridgehead atoms. The van der Waals surface area contributed by atoms with Crippen LogP contribution in [0.3, 0.4) is 0 Å². The van der Waals surface area contributed by atoms with Gasteiger partial charge in [-0.15, -0.1) is 0 Å². The van der Waals surface area contributed by atoms with Gasteiger partial charge in [0.25, 0.3) is 5.91 Å². The Morgan fingerprint density at radius 2 is 2.14 bits per heavy atom. The lowest BCUT2D eigenvalue weighted by Crippen LogP contribution is -2.33. The van der Waals surface area contributed by atoms with E-state index in [9.17, 15) is 14.7 Å². The summed E-state index contributed by atoms with van der Waals surface area (Å²) in [6.07, 6.45) is 0. The number of nitrogens with zero attached hydrogens (tertiary/aromatic N) is 1. The summed E-state index contributed by atoms with van der Waals surface area (Å²) in [7, 11) is 1.52. The molecular weight excluding hydrogens is 274 g/mol. The predicted octanol–water partition coefficient (Wildman–Crippen LogP) is 0.972. The van der Waals surface area contributed by atoms with Gasteiger partial charge >= 0.3 is 0 Å². The molecule has 0 aromatic heterocycles. The SMILES string of the molecule is COc1cccc(C2C(C(C)=O)=C(O)C(=O)N2CCO)c1. The number of carbonyl (C=O) groups excluding carboxylic acids is 2. The number of hydrogen-bond acceptors (Lipinski definition) is 5. The number of rotatable bonds is 5. The molecule has 1 unspecified atom stereocenters. The summed E-state index contributed by atoms with van der Waals surface area (Å²) in [5.41, 5.74) is 0.687. The lowest BCUT2D eigenvalue weighted by atomic mass is 9.96. The molecule has 1 heterocycles. The molecule has 0 fully saturated rings. The maximum Gasteiger partial charge on any atom is 0.290 e. The third kappa shape index (κ3) is 2.62. The molecule has 0 saturated carbocycles. The Hall–Kier alpha value is -2.34. The van der Waals surface area contributed by atoms with Crippen LogP contribution in [0.25, 0.3) is 0 Å². The number of amides is 1. The molecule has 2 N–H and O–H groups in total. The zero-order valence-electron chi connectivity index (χ0n) is 11.9. The molecule has 6 nitrogen and oxygen atoms in total. The minimum atomic E-state index is -0.711. The van der Waals surface area contributed by atoms with Crippen molar-refractivity contribution in [3.05, 3.63) is 41.2 Å². The topological polar surface area (TPSA) is 87.1 Å². The maximum absolute atomic E-state index is 12.1. The van der Waals surface area contributed by atoms with Gasteiger partial charge in [0, 0.05) is 6.54 Å². The second kappa shape index (κ2) is 5.97. The second-order valence-electron chi connectivity index (χ2n) is 4.72. The number of methoxy groups -OCH3 is 1. The van der Waals surface area contributed by atoms with Gasteiger partial charge in [-0.1, -0.05) is 12.1 Å². The first-order valence-corrected chi connectivity index (χ1v) is 6.51. The van der Waals surface area contributed by atoms with Crippen molar-refractivity contribution in [2.24, 2.45) is 0 Å². The normalized spacial score (nSPS) is 18.3. The standard InChI is InChI=1S/C15H17NO5/c1-9(18)12-13(10-4-3-5-11(8-10)21-2)16(6-7-17)15(20)14(12)19/h3-5,8,13,17,19H,6-7H2,1-2H3. The van der Waals surface area contributed by atoms with Crippen LogP contribution in [0.2, 0.25) is 0 Å². The smallest absolute Gasteiger partial charge is 0.290 e. The van der Waals surface area contributed by atoms with E-state index in [-0.39, 0.29) is 24.5 Å². The van der Waals surface area contributed by atoms with Crippen molar-refractivity contribution in [3.63, 3.8) is 0 Å². The Labute approximate surface area is 122 Å². The average molecular weight is 291 g/mol. The molecule has 1 atom stereocenters. The number of β-amino-alcohol motifs (C(OH)–C–C–N with tert-alkyl or cyclic N) is 1. The third-order valence-electron chi connectivity index (χ3n) is 3.43. The number of benzene rings is 1. The molecule has 6 heteroatoms. The molecule has 0 saturated heterocycles. The molecule has 21 heavy (non-hydrogen) atoms. The van der Waals surface area contributed by atoms with E-state index in [1.807, 2.05) is 0 Å². The van der Waals surface area contributed by atoms with Crippen LogP contribution >= 0.6 is 0 Å². The van der Waals surface area contributed by atoms with E-state index >= 15 is 0 Å². The summed E-state index contributed by atoms with van der Waals surface area (Å²) >= 11 is 0. The first-order chi connectivity index (χ1) is 10.0. The summed E-state index contributed by atoms with van der Waals surface area (Å²) in [6.45, 7) is 1.07. The van der Waals surface area contributed by atoms with Crippen molar-refractivity contribution in [1.82, 2.24) is 4.90 Å². The highest BCUT2D eigenvalue weighted by molar-refractivity contribution is 6.08. The van der Waals surface area contributed by atoms with Crippen LogP contribution in [0, 0.1) is 0 Å². The molecule has 1 amide bonds. The van der Waals surface area contributed by atoms with Crippen molar-refractivity contribution >= 4 is 11.7 Å². The quantitative estimate of drug-likeness (QED) is 0.844. The maximum atomic E-state index is 12.1. The fourth-order valence-electron chi connectivity index (χ4n) is 2.51. The lowest BCUT2D eigenvalue weighted by Gasteiger charge is -2.26. The molecule has 2 rings (SSSR count). The van der Waals surface area contributed by atoms with Gasteiger partial charge in [-0.3, -0.25) is 9.59 Å². The first-order valence-electron chi connectivity index (χ1n) is 6.51. The molecule has 112 valence electrons. The Kier molecular flexibility index (Phi) is 4.28. The number of ether oxygens (including phenoxy) is 1. The van der Waals surface area contributed by atoms with E-state index in [4.69, 9.17) is 9.84 Å². The van der Waals surface area contributed by atoms with Crippen LogP contribution in [0.1, 0.15) is 18.5 Å². The van der Waals surface area contributed by atoms with Crippen LogP contribution in [-0.4, -0.2) is 47.1 Å². The summed E-state index contributed by atoms with van der Waals surface area (Å²) in [5.74, 6) is -1.00. The van der Waals surface area contributed by atoms with E-state index in [1.165, 1.54) is 18.9 Å². The highest BCUT2D eigenvalue weighted by Crippen LogP contribution is 2.38. The van der Waals surface area contributed by atoms with Gasteiger partial charge in [-0.05, 0) is 24.6 Å². The molecule has 0 radical (unpaired) electrons. The van der Waals surface area contributed by atoms with Crippen LogP contribution in [0.5, 0.6) is 5.75 Å². The van der Waals surface area contributed by atoms with Crippen molar-refractivity contribution in [1.29, 1.82) is 0 Å². The number of Topliss-reactive ketones (excluding diaryl/α,β-unsaturated/α-hetero) is 1. The zero-order chi connectivity index (χ0) is 15.6. The van der Waals surface area contributed by atoms with Gasteiger partial charge in [0.2, 0.25) is 0 Å². The third-order valence-corrected chi connectivity index (χ3v) is 3.43. The number of aliphatic hydroxyl groups is 2. The van der Waals surface area contributed by atoms with Gasteiger partial charge in [0.05, 0.1) is 25.3 Å². The Morgan fingerprint density at radius 3 is 2.71 bits per heavy atom. The van der Waals surface area contributed by atoms with Gasteiger partial charge in [-0.2, -0.15) is 0 Å². The van der Waals surface area contributed by atoms with E-state index in [2.05, 4.69) is 0 Å². The molecule has 1 aromatic carbocycles. The van der Waals surface area contributed by atoms with Crippen molar-refractivity contribution in [2.75, 3.05) is 20.3 Å². The summed E-state index contributed by atoms with van der Waals surface area (Å²) < 4.78 is 5.14. The fraction of sp³-hybridized carbons (Fsp3) is 0.333. The minimum absolute atomic E-state index is 0.0293. The van der Waals surface area contributed by atoms with Crippen LogP contribution < -0.4 is 4.74 Å². The van der Waals surface area contributed by atoms with E-state index in [0.717, 1.165) is 0 Å². The van der Waals surface area contributed by atoms with Crippen molar-refractivity contribution in [2.45, 2.75) is 13.0 Å². The van der Waals surface area contributed by atoms with E-state index in [0.29, 0.717) is 11.3 Å². The fourth-order valence-corrected chi connectivity index (χ4v) is 2.51. The predicted molar refractivity (Wildman–Crippen MR) is 74.9 cm³/mol. The summed E-state index contributed by atoms with van der Waals surface area (Å²) in [5, 5.41) is 19.1. The first kappa shape index (κ1) is 15.1. The van der Waals surface area contributed by atoms with Gasteiger partial charge < -0.3 is 19.8 Å². The van der Waals surface area contributed by atoms with Crippen molar-refractivity contribution < 1.29 is 24.5 Å². The van der Waals surface area contributed by atoms with E-state index in [1.54, 1.807) is 24.3 Å². The summed E-state index contributed by atoms with van der Waals surface area (Å²) in [4.78, 5) is 25.1. The Bertz CT molecular complexity index is 608. The second-order valence-corrected chi connectivity index (χ2v) is 4.72. The molecule has 0 aliphatic carbocycles. The monoisotopic (exact) mass is 291 g/mol. The molecule has 1 aliphatic rings. The number of hydrogen-bond donors (Lipinski definition) is 2. The van der Waals surface area contributed by atoms with Gasteiger partial charge in [-0.25, -0.2) is 0 Å². The van der Waals surface area contributed by atoms with E-state index < -0.39 is 17.7 Å². The van der Waals surface area contributed by atoms with Crippen LogP contribution in [0.15, 0.2) is 35.6 Å². The van der Waals surface area contributed by atoms with Gasteiger partial charge in [0.1, 0.15) is 5.75 Å². The number of aliphatic hydroxyl groups excluding tert-OH is 2. The summed E-state index contributed by atoms with van der Waals surface area (Å²) in [6, 6.07) is 6.21. The van der Waals surface area contributed by atoms with Crippen LogP contribution in [0.4, 0.5) is 0 Å². The molecule has 0 spiro atoms. The van der Waals surface area contributed by atoms with Crippen LogP contribution in [-0.2, 0) is 9.59 Å². The molecule has 1 aromatic rings. The van der Waals surface area contributed by atoms with Gasteiger partial charge in [0.15, 0.2) is 11.5 Å². The Balaban J connectivity index is 2.53. The minimum Gasteiger partial charge on any atom is -0.503 e. The number of ketones is 1. The average Bonchev–Trinajstić information content (AvgIpc) is 2.72. The molecular formula is C15H17NO5. The van der Waals surface area contributed by atoms with Crippen molar-refractivity contribution in [3.8, 4) is 5.75 Å². The number of carbonyl (C=O) groups is 2. The Morgan fingerprint density at radius 1 is 1.43 bits per heavy atom. The highest BCUT2D eigenvalue weighted by atomic mass is 16.5. The lowest BCUT2D eigenvalue weighted by molar-refractivity contribution is -0.129. The zero-order valence-corrected chi connectivity index (χ0v) is 11.9. The highest BCUT2D eigenvalue weighted by Gasteiger charge is 2.42. The largest absolute Gasteiger partial charge is 0.503 e.